The van der Waals surface area contributed by atoms with E-state index in [9.17, 15) is 18.0 Å². The van der Waals surface area contributed by atoms with Gasteiger partial charge in [0, 0.05) is 34.7 Å². The smallest absolute Gasteiger partial charge is 0.257 e. The van der Waals surface area contributed by atoms with Crippen molar-refractivity contribution in [3.8, 4) is 16.3 Å². The standard InChI is InChI=1S/C30H28N4O5S2/c35-28(21-9-12-27-25(14-21)34-29(36)24-5-1-2-6-26(24)41(27,37)38)32-16-23-17-33-30(40-23)20-7-10-22(11-8-20)39-18-19-4-3-13-31-15-19/h1-2,5-12,14,17,19,31H,3-4,13,15-16,18H2,(H,32,35)(H,34,36). The molecule has 2 aliphatic rings. The van der Waals surface area contributed by atoms with Crippen LogP contribution < -0.4 is 20.7 Å². The van der Waals surface area contributed by atoms with Crippen molar-refractivity contribution < 1.29 is 22.7 Å². The van der Waals surface area contributed by atoms with E-state index in [1.54, 1.807) is 18.3 Å². The number of anilines is 1. The van der Waals surface area contributed by atoms with Crippen molar-refractivity contribution >= 4 is 38.7 Å². The molecule has 9 nitrogen and oxygen atoms in total. The molecule has 0 saturated carbocycles. The summed E-state index contributed by atoms with van der Waals surface area (Å²) in [5.41, 5.74) is 1.33. The van der Waals surface area contributed by atoms with Crippen LogP contribution in [0, 0.1) is 5.92 Å². The van der Waals surface area contributed by atoms with Gasteiger partial charge in [-0.15, -0.1) is 11.3 Å². The molecule has 6 rings (SSSR count). The number of rotatable bonds is 7. The van der Waals surface area contributed by atoms with E-state index in [-0.39, 0.29) is 33.2 Å². The average Bonchev–Trinajstić information content (AvgIpc) is 3.46. The minimum atomic E-state index is -3.94. The first kappa shape index (κ1) is 27.1. The van der Waals surface area contributed by atoms with Gasteiger partial charge in [0.25, 0.3) is 11.8 Å². The van der Waals surface area contributed by atoms with Gasteiger partial charge in [-0.05, 0) is 74.0 Å². The van der Waals surface area contributed by atoms with E-state index in [4.69, 9.17) is 4.74 Å². The molecule has 0 aliphatic carbocycles. The van der Waals surface area contributed by atoms with Crippen LogP contribution in [0.1, 0.15) is 38.4 Å². The zero-order chi connectivity index (χ0) is 28.4. The molecule has 3 N–H and O–H groups in total. The van der Waals surface area contributed by atoms with Gasteiger partial charge < -0.3 is 20.7 Å². The molecular formula is C30H28N4O5S2. The van der Waals surface area contributed by atoms with Gasteiger partial charge in [-0.25, -0.2) is 13.4 Å². The summed E-state index contributed by atoms with van der Waals surface area (Å²) in [6.45, 7) is 3.03. The predicted octanol–water partition coefficient (Wildman–Crippen LogP) is 4.52. The number of carbonyl (C=O) groups excluding carboxylic acids is 2. The molecule has 3 aromatic carbocycles. The number of amides is 2. The van der Waals surface area contributed by atoms with Crippen LogP contribution in [-0.2, 0) is 16.4 Å². The summed E-state index contributed by atoms with van der Waals surface area (Å²) >= 11 is 1.47. The second-order valence-corrected chi connectivity index (χ2v) is 13.0. The number of fused-ring (bicyclic) bond motifs is 2. The van der Waals surface area contributed by atoms with Gasteiger partial charge in [-0.3, -0.25) is 9.59 Å². The normalized spacial score (nSPS) is 17.5. The third-order valence-corrected chi connectivity index (χ3v) is 10.1. The minimum Gasteiger partial charge on any atom is -0.493 e. The SMILES string of the molecule is O=C(NCc1cnc(-c2ccc(OCC3CCCNC3)cc2)s1)c1ccc2c(c1)NC(=O)c1ccccc1S2(=O)=O. The number of benzene rings is 3. The fraction of sp³-hybridized carbons (Fsp3) is 0.233. The summed E-state index contributed by atoms with van der Waals surface area (Å²) in [4.78, 5) is 30.9. The van der Waals surface area contributed by atoms with E-state index >= 15 is 0 Å². The number of nitrogens with zero attached hydrogens (tertiary/aromatic N) is 1. The summed E-state index contributed by atoms with van der Waals surface area (Å²) in [6.07, 6.45) is 4.09. The van der Waals surface area contributed by atoms with E-state index in [2.05, 4.69) is 20.9 Å². The molecule has 3 heterocycles. The van der Waals surface area contributed by atoms with Crippen LogP contribution in [0.3, 0.4) is 0 Å². The highest BCUT2D eigenvalue weighted by molar-refractivity contribution is 7.91. The fourth-order valence-corrected chi connectivity index (χ4v) is 7.42. The van der Waals surface area contributed by atoms with Crippen LogP contribution in [0.5, 0.6) is 5.75 Å². The zero-order valence-corrected chi connectivity index (χ0v) is 23.7. The molecule has 1 unspecified atom stereocenters. The van der Waals surface area contributed by atoms with Crippen molar-refractivity contribution in [2.75, 3.05) is 25.0 Å². The number of aromatic nitrogens is 1. The molecule has 1 atom stereocenters. The number of sulfone groups is 1. The second-order valence-electron chi connectivity index (χ2n) is 10.0. The molecule has 1 fully saturated rings. The van der Waals surface area contributed by atoms with E-state index in [1.165, 1.54) is 54.5 Å². The molecule has 0 bridgehead atoms. The Kier molecular flexibility index (Phi) is 7.57. The number of piperidine rings is 1. The van der Waals surface area contributed by atoms with Crippen LogP contribution in [0.4, 0.5) is 5.69 Å². The predicted molar refractivity (Wildman–Crippen MR) is 156 cm³/mol. The molecule has 11 heteroatoms. The molecule has 2 aliphatic heterocycles. The monoisotopic (exact) mass is 588 g/mol. The summed E-state index contributed by atoms with van der Waals surface area (Å²) in [6, 6.07) is 18.1. The van der Waals surface area contributed by atoms with Gasteiger partial charge in [0.15, 0.2) is 0 Å². The van der Waals surface area contributed by atoms with Crippen molar-refractivity contribution in [1.29, 1.82) is 0 Å². The fourth-order valence-electron chi connectivity index (χ4n) is 4.97. The Morgan fingerprint density at radius 3 is 2.71 bits per heavy atom. The van der Waals surface area contributed by atoms with Crippen LogP contribution >= 0.6 is 11.3 Å². The summed E-state index contributed by atoms with van der Waals surface area (Å²) < 4.78 is 32.3. The number of ether oxygens (including phenoxy) is 1. The number of hydrogen-bond acceptors (Lipinski definition) is 8. The maximum atomic E-state index is 13.2. The number of nitrogens with one attached hydrogen (secondary N) is 3. The van der Waals surface area contributed by atoms with E-state index in [1.807, 2.05) is 24.3 Å². The highest BCUT2D eigenvalue weighted by Gasteiger charge is 2.31. The van der Waals surface area contributed by atoms with E-state index in [0.717, 1.165) is 34.3 Å². The molecule has 210 valence electrons. The zero-order valence-electron chi connectivity index (χ0n) is 22.1. The highest BCUT2D eigenvalue weighted by atomic mass is 32.2. The largest absolute Gasteiger partial charge is 0.493 e. The van der Waals surface area contributed by atoms with Crippen molar-refractivity contribution in [3.63, 3.8) is 0 Å². The Balaban J connectivity index is 1.09. The van der Waals surface area contributed by atoms with Crippen molar-refractivity contribution in [2.24, 2.45) is 5.92 Å². The number of carbonyl (C=O) groups is 2. The Morgan fingerprint density at radius 1 is 1.07 bits per heavy atom. The highest BCUT2D eigenvalue weighted by Crippen LogP contribution is 2.34. The molecule has 1 saturated heterocycles. The molecular weight excluding hydrogens is 560 g/mol. The van der Waals surface area contributed by atoms with Gasteiger partial charge >= 0.3 is 0 Å². The Morgan fingerprint density at radius 2 is 1.90 bits per heavy atom. The first-order valence-corrected chi connectivity index (χ1v) is 15.6. The van der Waals surface area contributed by atoms with Crippen LogP contribution in [0.15, 0.2) is 82.7 Å². The lowest BCUT2D eigenvalue weighted by molar-refractivity contribution is 0.0949. The van der Waals surface area contributed by atoms with Gasteiger partial charge in [0.05, 0.1) is 34.2 Å². The third-order valence-electron chi connectivity index (χ3n) is 7.16. The third kappa shape index (κ3) is 5.74. The topological polar surface area (TPSA) is 126 Å². The average molecular weight is 589 g/mol. The Bertz CT molecular complexity index is 1710. The molecule has 0 radical (unpaired) electrons. The maximum Gasteiger partial charge on any atom is 0.257 e. The first-order chi connectivity index (χ1) is 19.9. The lowest BCUT2D eigenvalue weighted by atomic mass is 10.0. The summed E-state index contributed by atoms with van der Waals surface area (Å²) in [7, 11) is -3.94. The van der Waals surface area contributed by atoms with Gasteiger partial charge in [-0.1, -0.05) is 12.1 Å². The Labute approximate surface area is 241 Å². The summed E-state index contributed by atoms with van der Waals surface area (Å²) in [5.74, 6) is 0.427. The van der Waals surface area contributed by atoms with Crippen molar-refractivity contribution in [1.82, 2.24) is 15.6 Å². The van der Waals surface area contributed by atoms with E-state index < -0.39 is 21.7 Å². The van der Waals surface area contributed by atoms with Gasteiger partial charge in [0.2, 0.25) is 9.84 Å². The minimum absolute atomic E-state index is 0.0538. The number of hydrogen-bond donors (Lipinski definition) is 3. The number of thiazole rings is 1. The lowest BCUT2D eigenvalue weighted by Crippen LogP contribution is -2.33. The maximum absolute atomic E-state index is 13.2. The van der Waals surface area contributed by atoms with Gasteiger partial charge in [-0.2, -0.15) is 0 Å². The Hall–Kier alpha value is -4.06. The molecule has 2 amide bonds. The van der Waals surface area contributed by atoms with Crippen molar-refractivity contribution in [2.45, 2.75) is 29.2 Å². The van der Waals surface area contributed by atoms with E-state index in [0.29, 0.717) is 12.5 Å². The molecule has 41 heavy (non-hydrogen) atoms. The lowest BCUT2D eigenvalue weighted by Gasteiger charge is -2.22. The van der Waals surface area contributed by atoms with Crippen LogP contribution in [-0.4, -0.2) is 44.9 Å². The van der Waals surface area contributed by atoms with Crippen LogP contribution in [0.25, 0.3) is 10.6 Å². The summed E-state index contributed by atoms with van der Waals surface area (Å²) in [5, 5.41) is 9.72. The van der Waals surface area contributed by atoms with Crippen LogP contribution in [0.2, 0.25) is 0 Å². The molecule has 0 spiro atoms. The second kappa shape index (κ2) is 11.4. The first-order valence-electron chi connectivity index (χ1n) is 13.3. The quantitative estimate of drug-likeness (QED) is 0.290. The van der Waals surface area contributed by atoms with Crippen molar-refractivity contribution in [3.05, 3.63) is 88.9 Å². The molecule has 1 aromatic heterocycles. The molecule has 4 aromatic rings. The van der Waals surface area contributed by atoms with Gasteiger partial charge in [0.1, 0.15) is 10.8 Å².